The number of hydrogen-bond acceptors (Lipinski definition) is 7. The molecule has 0 atom stereocenters. The molecular weight excluding hydrogens is 445 g/mol. The normalized spacial score (nSPS) is 12.0. The lowest BCUT2D eigenvalue weighted by molar-refractivity contribution is -0.155. The van der Waals surface area contributed by atoms with Crippen molar-refractivity contribution in [3.05, 3.63) is 54.3 Å². The highest BCUT2D eigenvalue weighted by Gasteiger charge is 2.36. The van der Waals surface area contributed by atoms with Crippen molar-refractivity contribution in [1.29, 1.82) is 0 Å². The van der Waals surface area contributed by atoms with Crippen molar-refractivity contribution < 1.29 is 35.6 Å². The molecule has 0 amide bonds. The number of para-hydroxylation sites is 1. The van der Waals surface area contributed by atoms with Gasteiger partial charge in [-0.1, -0.05) is 23.4 Å². The maximum atomic E-state index is 13.2. The number of hydrogen-bond donors (Lipinski definition) is 0. The molecule has 0 bridgehead atoms. The first kappa shape index (κ1) is 21.8. The van der Waals surface area contributed by atoms with Crippen molar-refractivity contribution in [3.8, 4) is 10.6 Å². The molecule has 2 heterocycles. The summed E-state index contributed by atoms with van der Waals surface area (Å²) in [4.78, 5) is 11.7. The Hall–Kier alpha value is -2.86. The molecule has 0 N–H and O–H groups in total. The molecule has 0 spiro atoms. The third-order valence-electron chi connectivity index (χ3n) is 3.96. The predicted molar refractivity (Wildman–Crippen MR) is 102 cm³/mol. The zero-order chi connectivity index (χ0) is 21.9. The number of rotatable bonds is 7. The van der Waals surface area contributed by atoms with E-state index in [0.717, 1.165) is 15.6 Å². The maximum Gasteiger partial charge on any atom is 0.452 e. The summed E-state index contributed by atoms with van der Waals surface area (Å²) >= 11 is 0.744. The van der Waals surface area contributed by atoms with Crippen LogP contribution in [-0.4, -0.2) is 33.2 Å². The lowest BCUT2D eigenvalue weighted by Crippen LogP contribution is -2.32. The summed E-state index contributed by atoms with van der Waals surface area (Å²) in [5.41, 5.74) is 0.201. The number of methoxy groups -OCH3 is 1. The maximum absolute atomic E-state index is 13.2. The van der Waals surface area contributed by atoms with Crippen LogP contribution in [0.2, 0.25) is 0 Å². The first-order valence-electron chi connectivity index (χ1n) is 8.41. The van der Waals surface area contributed by atoms with Crippen molar-refractivity contribution in [1.82, 2.24) is 5.16 Å². The molecule has 3 aromatic rings. The number of aromatic nitrogens is 1. The van der Waals surface area contributed by atoms with Gasteiger partial charge in [-0.2, -0.15) is 13.2 Å². The molecule has 2 aromatic heterocycles. The molecule has 30 heavy (non-hydrogen) atoms. The second-order valence-electron chi connectivity index (χ2n) is 5.93. The highest BCUT2D eigenvalue weighted by molar-refractivity contribution is 7.94. The number of halogens is 3. The summed E-state index contributed by atoms with van der Waals surface area (Å²) < 4.78 is 74.3. The number of benzene rings is 1. The summed E-state index contributed by atoms with van der Waals surface area (Å²) in [6.07, 6.45) is -4.88. The number of thiophene rings is 1. The van der Waals surface area contributed by atoms with Gasteiger partial charge in [-0.25, -0.2) is 8.42 Å². The smallest absolute Gasteiger partial charge is 0.452 e. The number of esters is 1. The van der Waals surface area contributed by atoms with Gasteiger partial charge in [0.25, 0.3) is 10.0 Å². The molecule has 0 unspecified atom stereocenters. The molecule has 0 saturated carbocycles. The second-order valence-corrected chi connectivity index (χ2v) is 9.10. The zero-order valence-electron chi connectivity index (χ0n) is 15.4. The molecule has 0 aliphatic heterocycles. The van der Waals surface area contributed by atoms with Crippen molar-refractivity contribution in [2.24, 2.45) is 0 Å². The van der Waals surface area contributed by atoms with Crippen molar-refractivity contribution in [2.75, 3.05) is 18.0 Å². The minimum absolute atomic E-state index is 0.122. The Kier molecular flexibility index (Phi) is 6.17. The third kappa shape index (κ3) is 4.65. The van der Waals surface area contributed by atoms with Gasteiger partial charge in [0.2, 0.25) is 5.76 Å². The summed E-state index contributed by atoms with van der Waals surface area (Å²) in [7, 11) is -2.91. The lowest BCUT2D eigenvalue weighted by atomic mass is 10.3. The fourth-order valence-electron chi connectivity index (χ4n) is 2.51. The van der Waals surface area contributed by atoms with Gasteiger partial charge < -0.3 is 9.26 Å². The molecule has 0 radical (unpaired) electrons. The Morgan fingerprint density at radius 1 is 1.20 bits per heavy atom. The first-order chi connectivity index (χ1) is 14.1. The number of carbonyl (C=O) groups excluding carboxylic acids is 1. The molecule has 3 rings (SSSR count). The Labute approximate surface area is 173 Å². The van der Waals surface area contributed by atoms with Crippen LogP contribution < -0.4 is 4.31 Å². The second kappa shape index (κ2) is 8.48. The van der Waals surface area contributed by atoms with E-state index in [2.05, 4.69) is 14.4 Å². The Balaban J connectivity index is 1.94. The summed E-state index contributed by atoms with van der Waals surface area (Å²) in [5.74, 6) is -1.86. The average molecular weight is 460 g/mol. The van der Waals surface area contributed by atoms with Gasteiger partial charge in [0.15, 0.2) is 0 Å². The minimum atomic E-state index is -4.70. The van der Waals surface area contributed by atoms with Gasteiger partial charge in [0, 0.05) is 12.6 Å². The van der Waals surface area contributed by atoms with E-state index in [0.29, 0.717) is 11.8 Å². The third-order valence-corrected chi connectivity index (χ3v) is 7.36. The van der Waals surface area contributed by atoms with Crippen LogP contribution in [0.5, 0.6) is 0 Å². The highest BCUT2D eigenvalue weighted by atomic mass is 32.2. The fourth-order valence-corrected chi connectivity index (χ4v) is 5.35. The number of carbonyl (C=O) groups is 1. The van der Waals surface area contributed by atoms with E-state index in [1.807, 2.05) is 0 Å². The van der Waals surface area contributed by atoms with Crippen LogP contribution in [0.1, 0.15) is 12.2 Å². The average Bonchev–Trinajstić information content (AvgIpc) is 3.38. The molecule has 160 valence electrons. The van der Waals surface area contributed by atoms with E-state index in [1.54, 1.807) is 30.3 Å². The molecular formula is C18H15F3N2O5S2. The van der Waals surface area contributed by atoms with Gasteiger partial charge >= 0.3 is 12.1 Å². The summed E-state index contributed by atoms with van der Waals surface area (Å²) in [6.45, 7) is -0.172. The van der Waals surface area contributed by atoms with E-state index in [1.165, 1.54) is 19.2 Å². The zero-order valence-corrected chi connectivity index (χ0v) is 17.1. The molecule has 7 nitrogen and oxygen atoms in total. The predicted octanol–water partition coefficient (Wildman–Crippen LogP) is 4.18. The van der Waals surface area contributed by atoms with Crippen LogP contribution in [-0.2, 0) is 25.7 Å². The van der Waals surface area contributed by atoms with E-state index >= 15 is 0 Å². The summed E-state index contributed by atoms with van der Waals surface area (Å²) in [6, 6.07) is 11.4. The van der Waals surface area contributed by atoms with Gasteiger partial charge in [-0.3, -0.25) is 9.10 Å². The van der Waals surface area contributed by atoms with Crippen molar-refractivity contribution in [3.63, 3.8) is 0 Å². The van der Waals surface area contributed by atoms with Crippen LogP contribution >= 0.6 is 11.3 Å². The number of anilines is 1. The van der Waals surface area contributed by atoms with E-state index < -0.39 is 27.9 Å². The van der Waals surface area contributed by atoms with Crippen LogP contribution in [0.3, 0.4) is 0 Å². The molecule has 0 aliphatic carbocycles. The Morgan fingerprint density at radius 2 is 1.90 bits per heavy atom. The Bertz CT molecular complexity index is 1120. The largest absolute Gasteiger partial charge is 0.469 e. The first-order valence-corrected chi connectivity index (χ1v) is 10.7. The molecule has 12 heteroatoms. The standard InChI is InChI=1S/C18H15F3N2O5S2/c1-27-16(24)9-10-23(12-5-3-2-4-6-12)30(25,26)17-8-7-14(29-17)13-11-15(28-22-13)18(19,20)21/h2-8,11H,9-10H2,1H3. The highest BCUT2D eigenvalue weighted by Crippen LogP contribution is 2.36. The molecule has 0 fully saturated rings. The minimum Gasteiger partial charge on any atom is -0.469 e. The number of alkyl halides is 3. The topological polar surface area (TPSA) is 89.7 Å². The van der Waals surface area contributed by atoms with E-state index in [4.69, 9.17) is 0 Å². The quantitative estimate of drug-likeness (QED) is 0.492. The van der Waals surface area contributed by atoms with Crippen LogP contribution in [0.25, 0.3) is 10.6 Å². The number of sulfonamides is 1. The Morgan fingerprint density at radius 3 is 2.50 bits per heavy atom. The monoisotopic (exact) mass is 460 g/mol. The lowest BCUT2D eigenvalue weighted by Gasteiger charge is -2.23. The molecule has 0 saturated heterocycles. The van der Waals surface area contributed by atoms with Crippen LogP contribution in [0.15, 0.2) is 57.3 Å². The number of nitrogens with zero attached hydrogens (tertiary/aromatic N) is 2. The van der Waals surface area contributed by atoms with E-state index in [9.17, 15) is 26.4 Å². The fraction of sp³-hybridized carbons (Fsp3) is 0.222. The van der Waals surface area contributed by atoms with Gasteiger partial charge in [-0.05, 0) is 24.3 Å². The SMILES string of the molecule is COC(=O)CCN(c1ccccc1)S(=O)(=O)c1ccc(-c2cc(C(F)(F)F)on2)s1. The molecule has 0 aliphatic rings. The van der Waals surface area contributed by atoms with Crippen molar-refractivity contribution in [2.45, 2.75) is 16.8 Å². The van der Waals surface area contributed by atoms with Crippen LogP contribution in [0.4, 0.5) is 18.9 Å². The summed E-state index contributed by atoms with van der Waals surface area (Å²) in [5, 5.41) is 3.37. The van der Waals surface area contributed by atoms with Gasteiger partial charge in [0.1, 0.15) is 9.90 Å². The number of ether oxygens (including phenoxy) is 1. The van der Waals surface area contributed by atoms with Gasteiger partial charge in [0.05, 0.1) is 24.1 Å². The van der Waals surface area contributed by atoms with Crippen molar-refractivity contribution >= 4 is 33.0 Å². The van der Waals surface area contributed by atoms with E-state index in [-0.39, 0.29) is 27.7 Å². The van der Waals surface area contributed by atoms with Crippen LogP contribution in [0, 0.1) is 0 Å². The molecule has 1 aromatic carbocycles. The van der Waals surface area contributed by atoms with Gasteiger partial charge in [-0.15, -0.1) is 11.3 Å².